The largest absolute Gasteiger partial charge is 0.477 e. The number of aliphatic carboxylic acids is 1. The van der Waals surface area contributed by atoms with E-state index < -0.39 is 41.2 Å². The number of nitrogens with zero attached hydrogens (tertiary/aromatic N) is 2. The lowest BCUT2D eigenvalue weighted by atomic mass is 10.1. The van der Waals surface area contributed by atoms with Gasteiger partial charge in [-0.05, 0) is 32.8 Å². The van der Waals surface area contributed by atoms with Crippen LogP contribution in [0.2, 0.25) is 0 Å². The molecule has 1 aromatic rings. The summed E-state index contributed by atoms with van der Waals surface area (Å²) in [5, 5.41) is 17.2. The van der Waals surface area contributed by atoms with E-state index in [-0.39, 0.29) is 18.7 Å². The van der Waals surface area contributed by atoms with Crippen molar-refractivity contribution in [2.75, 3.05) is 19.6 Å². The number of carboxylic acids is 1. The molecule has 2 heterocycles. The summed E-state index contributed by atoms with van der Waals surface area (Å²) in [6.45, 7) is 5.40. The van der Waals surface area contributed by atoms with Gasteiger partial charge in [0.15, 0.2) is 5.70 Å². The molecule has 31 heavy (non-hydrogen) atoms. The maximum Gasteiger partial charge on any atom is 0.408 e. The van der Waals surface area contributed by atoms with E-state index >= 15 is 0 Å². The van der Waals surface area contributed by atoms with Gasteiger partial charge in [-0.2, -0.15) is 0 Å². The van der Waals surface area contributed by atoms with E-state index in [1.165, 1.54) is 5.01 Å². The number of rotatable bonds is 6. The monoisotopic (exact) mass is 430 g/mol. The molecule has 3 amide bonds. The number of carboxylic acid groups (broad SMARTS) is 1. The molecule has 1 aromatic carbocycles. The van der Waals surface area contributed by atoms with Crippen LogP contribution in [0.4, 0.5) is 4.79 Å². The van der Waals surface area contributed by atoms with Gasteiger partial charge in [-0.3, -0.25) is 9.59 Å². The molecular weight excluding hydrogens is 404 g/mol. The first-order valence-electron chi connectivity index (χ1n) is 9.93. The highest BCUT2D eigenvalue weighted by atomic mass is 16.6. The van der Waals surface area contributed by atoms with Crippen molar-refractivity contribution >= 4 is 23.9 Å². The molecule has 3 rings (SSSR count). The Balaban J connectivity index is 1.66. The SMILES string of the molecule is CC(C)(C)OC(=O)NC1CN2CC(C(=O)NCCc3ccccc3)=C(C(=O)O)N2C1=O. The zero-order valence-corrected chi connectivity index (χ0v) is 17.7. The number of alkyl carbamates (subject to hydrolysis) is 1. The Morgan fingerprint density at radius 1 is 1.19 bits per heavy atom. The first-order chi connectivity index (χ1) is 14.6. The number of carbonyl (C=O) groups excluding carboxylic acids is 3. The molecule has 0 spiro atoms. The van der Waals surface area contributed by atoms with Crippen LogP contribution in [0, 0.1) is 0 Å². The molecule has 1 fully saturated rings. The predicted molar refractivity (Wildman–Crippen MR) is 109 cm³/mol. The van der Waals surface area contributed by atoms with E-state index in [0.717, 1.165) is 10.6 Å². The molecule has 0 aromatic heterocycles. The highest BCUT2D eigenvalue weighted by Gasteiger charge is 2.49. The minimum atomic E-state index is -1.39. The number of hydrogen-bond acceptors (Lipinski definition) is 6. The number of hydrazine groups is 1. The summed E-state index contributed by atoms with van der Waals surface area (Å²) in [6.07, 6.45) is -0.177. The number of nitrogens with one attached hydrogen (secondary N) is 2. The molecule has 1 saturated heterocycles. The lowest BCUT2D eigenvalue weighted by Gasteiger charge is -2.21. The van der Waals surface area contributed by atoms with Crippen molar-refractivity contribution in [2.45, 2.75) is 38.8 Å². The fourth-order valence-corrected chi connectivity index (χ4v) is 3.46. The third-order valence-corrected chi connectivity index (χ3v) is 4.73. The summed E-state index contributed by atoms with van der Waals surface area (Å²) in [6, 6.07) is 8.59. The van der Waals surface area contributed by atoms with E-state index in [2.05, 4.69) is 10.6 Å². The number of ether oxygens (including phenoxy) is 1. The van der Waals surface area contributed by atoms with Gasteiger partial charge in [-0.1, -0.05) is 30.3 Å². The summed E-state index contributed by atoms with van der Waals surface area (Å²) < 4.78 is 5.15. The molecule has 0 aliphatic carbocycles. The number of benzene rings is 1. The average Bonchev–Trinajstić information content (AvgIpc) is 3.18. The first kappa shape index (κ1) is 22.3. The second-order valence-corrected chi connectivity index (χ2v) is 8.32. The Kier molecular flexibility index (Phi) is 6.30. The molecule has 0 bridgehead atoms. The fourth-order valence-electron chi connectivity index (χ4n) is 3.46. The van der Waals surface area contributed by atoms with Gasteiger partial charge in [-0.15, -0.1) is 0 Å². The third-order valence-electron chi connectivity index (χ3n) is 4.73. The van der Waals surface area contributed by atoms with Crippen LogP contribution in [0.25, 0.3) is 0 Å². The molecule has 0 radical (unpaired) electrons. The van der Waals surface area contributed by atoms with Crippen LogP contribution in [0.5, 0.6) is 0 Å². The summed E-state index contributed by atoms with van der Waals surface area (Å²) in [7, 11) is 0. The first-order valence-corrected chi connectivity index (χ1v) is 9.93. The maximum absolute atomic E-state index is 12.8. The highest BCUT2D eigenvalue weighted by molar-refractivity contribution is 6.06. The van der Waals surface area contributed by atoms with E-state index in [1.54, 1.807) is 20.8 Å². The van der Waals surface area contributed by atoms with Gasteiger partial charge < -0.3 is 20.5 Å². The van der Waals surface area contributed by atoms with Crippen molar-refractivity contribution in [1.29, 1.82) is 0 Å². The van der Waals surface area contributed by atoms with Crippen molar-refractivity contribution in [3.05, 3.63) is 47.2 Å². The Bertz CT molecular complexity index is 922. The molecule has 1 atom stereocenters. The second kappa shape index (κ2) is 8.76. The molecule has 10 heteroatoms. The minimum Gasteiger partial charge on any atom is -0.477 e. The molecule has 3 N–H and O–H groups in total. The quantitative estimate of drug-likeness (QED) is 0.604. The van der Waals surface area contributed by atoms with Gasteiger partial charge in [0.2, 0.25) is 0 Å². The molecule has 1 unspecified atom stereocenters. The van der Waals surface area contributed by atoms with Crippen molar-refractivity contribution in [3.8, 4) is 0 Å². The smallest absolute Gasteiger partial charge is 0.408 e. The summed E-state index contributed by atoms with van der Waals surface area (Å²) >= 11 is 0. The van der Waals surface area contributed by atoms with Crippen LogP contribution in [0.1, 0.15) is 26.3 Å². The van der Waals surface area contributed by atoms with Crippen molar-refractivity contribution in [2.24, 2.45) is 0 Å². The Morgan fingerprint density at radius 3 is 2.48 bits per heavy atom. The number of hydrogen-bond donors (Lipinski definition) is 3. The molecule has 2 aliphatic heterocycles. The summed E-state index contributed by atoms with van der Waals surface area (Å²) in [5.74, 6) is -2.55. The molecule has 0 saturated carbocycles. The highest BCUT2D eigenvalue weighted by Crippen LogP contribution is 2.29. The van der Waals surface area contributed by atoms with E-state index in [9.17, 15) is 24.3 Å². The van der Waals surface area contributed by atoms with Crippen LogP contribution in [-0.2, 0) is 25.5 Å². The van der Waals surface area contributed by atoms with E-state index in [0.29, 0.717) is 13.0 Å². The predicted octanol–water partition coefficient (Wildman–Crippen LogP) is 0.650. The fraction of sp³-hybridized carbons (Fsp3) is 0.429. The van der Waals surface area contributed by atoms with Crippen LogP contribution < -0.4 is 10.6 Å². The average molecular weight is 430 g/mol. The zero-order valence-electron chi connectivity index (χ0n) is 17.7. The van der Waals surface area contributed by atoms with E-state index in [4.69, 9.17) is 4.74 Å². The summed E-state index contributed by atoms with van der Waals surface area (Å²) in [5.41, 5.74) is -0.0862. The van der Waals surface area contributed by atoms with Crippen LogP contribution in [0.15, 0.2) is 41.6 Å². The number of amides is 3. The topological polar surface area (TPSA) is 128 Å². The molecular formula is C21H26N4O6. The summed E-state index contributed by atoms with van der Waals surface area (Å²) in [4.78, 5) is 49.2. The number of carbonyl (C=O) groups is 4. The Labute approximate surface area is 179 Å². The van der Waals surface area contributed by atoms with Crippen LogP contribution >= 0.6 is 0 Å². The van der Waals surface area contributed by atoms with Crippen LogP contribution in [0.3, 0.4) is 0 Å². The van der Waals surface area contributed by atoms with Gasteiger partial charge in [0, 0.05) is 13.1 Å². The van der Waals surface area contributed by atoms with Gasteiger partial charge in [0.05, 0.1) is 12.1 Å². The van der Waals surface area contributed by atoms with Crippen LogP contribution in [-0.4, -0.2) is 70.3 Å². The molecule has 10 nitrogen and oxygen atoms in total. The van der Waals surface area contributed by atoms with Crippen molar-refractivity contribution in [3.63, 3.8) is 0 Å². The molecule has 166 valence electrons. The van der Waals surface area contributed by atoms with Gasteiger partial charge in [-0.25, -0.2) is 19.6 Å². The maximum atomic E-state index is 12.8. The normalized spacial score (nSPS) is 18.7. The van der Waals surface area contributed by atoms with Gasteiger partial charge in [0.1, 0.15) is 11.6 Å². The Hall–Kier alpha value is -3.40. The lowest BCUT2D eigenvalue weighted by Crippen LogP contribution is -2.45. The molecule has 2 aliphatic rings. The lowest BCUT2D eigenvalue weighted by molar-refractivity contribution is -0.143. The third kappa shape index (κ3) is 5.21. The standard InChI is InChI=1S/C21H26N4O6/c1-21(2,3)31-20(30)23-15-12-24-11-14(16(19(28)29)25(24)18(15)27)17(26)22-10-9-13-7-5-4-6-8-13/h4-8,15H,9-12H2,1-3H3,(H,22,26)(H,23,30)(H,28,29). The van der Waals surface area contributed by atoms with Gasteiger partial charge >= 0.3 is 12.1 Å². The second-order valence-electron chi connectivity index (χ2n) is 8.32. The van der Waals surface area contributed by atoms with Gasteiger partial charge in [0.25, 0.3) is 11.8 Å². The number of fused-ring (bicyclic) bond motifs is 1. The Morgan fingerprint density at radius 2 is 1.87 bits per heavy atom. The minimum absolute atomic E-state index is 0.00429. The zero-order chi connectivity index (χ0) is 22.8. The van der Waals surface area contributed by atoms with E-state index in [1.807, 2.05) is 30.3 Å². The van der Waals surface area contributed by atoms with Crippen molar-refractivity contribution in [1.82, 2.24) is 20.7 Å². The van der Waals surface area contributed by atoms with Crippen molar-refractivity contribution < 1.29 is 29.0 Å².